The zero-order chi connectivity index (χ0) is 33.6. The molecule has 6 rings (SSSR count). The standard InChI is InChI=1S/C18H21NO4.C13H12O3.C6H11BrO/c1-2-23-18(21)15-12-19(11-13-7-9-22-10-8-13)16-6-4-3-5-14(16)17(15)20;1-2-16-13(15)11-8-7-9-5-3-4-6-10(9)12(11)14;7-5-6-1-3-8-4-2-6/h3-6,12-13H,2,7-11H2,1H3;3-6,8H,2,7H2,1H3;6H,1-5H2. The van der Waals surface area contributed by atoms with Gasteiger partial charge in [-0.05, 0) is 75.5 Å². The SMILES string of the molecule is BrCC1CCOCC1.CCOC(=O)C1=CCc2ccccc2C1=O.CCOC(=O)c1cn(CC2CCOCC2)c2ccccc2c1=O. The fourth-order valence-electron chi connectivity index (χ4n) is 5.71. The number of pyridine rings is 1. The van der Waals surface area contributed by atoms with Gasteiger partial charge in [-0.25, -0.2) is 9.59 Å². The first kappa shape index (κ1) is 36.2. The molecule has 2 fully saturated rings. The van der Waals surface area contributed by atoms with Crippen molar-refractivity contribution in [1.82, 2.24) is 4.57 Å². The van der Waals surface area contributed by atoms with E-state index in [1.165, 1.54) is 12.8 Å². The maximum Gasteiger partial charge on any atom is 0.343 e. The molecular formula is C37H44BrNO8. The minimum Gasteiger partial charge on any atom is -0.462 e. The Morgan fingerprint density at radius 2 is 1.43 bits per heavy atom. The summed E-state index contributed by atoms with van der Waals surface area (Å²) in [6, 6.07) is 14.7. The van der Waals surface area contributed by atoms with Crippen molar-refractivity contribution >= 4 is 44.6 Å². The predicted octanol–water partition coefficient (Wildman–Crippen LogP) is 6.33. The van der Waals surface area contributed by atoms with Crippen molar-refractivity contribution in [3.8, 4) is 0 Å². The molecular weight excluding hydrogens is 666 g/mol. The number of alkyl halides is 1. The summed E-state index contributed by atoms with van der Waals surface area (Å²) < 4.78 is 22.5. The Balaban J connectivity index is 0.000000180. The molecule has 1 aliphatic carbocycles. The smallest absolute Gasteiger partial charge is 0.343 e. The van der Waals surface area contributed by atoms with Gasteiger partial charge in [-0.15, -0.1) is 0 Å². The molecule has 0 unspecified atom stereocenters. The number of carbonyl (C=O) groups is 3. The van der Waals surface area contributed by atoms with Crippen molar-refractivity contribution < 1.29 is 33.3 Å². The topological polar surface area (TPSA) is 110 Å². The lowest BCUT2D eigenvalue weighted by atomic mass is 9.90. The number of fused-ring (bicyclic) bond motifs is 2. The van der Waals surface area contributed by atoms with E-state index in [0.29, 0.717) is 23.3 Å². The monoisotopic (exact) mass is 709 g/mol. The number of esters is 2. The van der Waals surface area contributed by atoms with Crippen LogP contribution in [0.3, 0.4) is 0 Å². The van der Waals surface area contributed by atoms with Gasteiger partial charge in [0.05, 0.1) is 18.7 Å². The lowest BCUT2D eigenvalue weighted by Crippen LogP contribution is -2.24. The zero-order valence-corrected chi connectivity index (χ0v) is 28.8. The van der Waals surface area contributed by atoms with Crippen LogP contribution in [0.2, 0.25) is 0 Å². The lowest BCUT2D eigenvalue weighted by molar-refractivity contribution is -0.138. The third-order valence-corrected chi connectivity index (χ3v) is 9.28. The molecule has 252 valence electrons. The Kier molecular flexibility index (Phi) is 14.4. The number of rotatable bonds is 7. The summed E-state index contributed by atoms with van der Waals surface area (Å²) >= 11 is 3.46. The average molecular weight is 711 g/mol. The van der Waals surface area contributed by atoms with Gasteiger partial charge in [0.2, 0.25) is 5.43 Å². The number of carbonyl (C=O) groups excluding carboxylic acids is 3. The highest BCUT2D eigenvalue weighted by Gasteiger charge is 2.26. The number of benzene rings is 2. The molecule has 9 nitrogen and oxygen atoms in total. The van der Waals surface area contributed by atoms with Crippen LogP contribution >= 0.6 is 15.9 Å². The van der Waals surface area contributed by atoms with Gasteiger partial charge in [0.25, 0.3) is 0 Å². The summed E-state index contributed by atoms with van der Waals surface area (Å²) in [5.74, 6) is 0.0553. The van der Waals surface area contributed by atoms with Crippen molar-refractivity contribution in [2.45, 2.75) is 52.5 Å². The molecule has 3 heterocycles. The number of aromatic nitrogens is 1. The number of Topliss-reactive ketones (excluding diaryl/α,β-unsaturated/α-hetero) is 1. The van der Waals surface area contributed by atoms with E-state index >= 15 is 0 Å². The fraction of sp³-hybridized carbons (Fsp3) is 0.459. The summed E-state index contributed by atoms with van der Waals surface area (Å²) in [4.78, 5) is 48.1. The second kappa shape index (κ2) is 18.7. The van der Waals surface area contributed by atoms with E-state index in [0.717, 1.165) is 68.1 Å². The van der Waals surface area contributed by atoms with Gasteiger partial charge in [0.1, 0.15) is 11.1 Å². The molecule has 2 aliphatic heterocycles. The number of hydrogen-bond donors (Lipinski definition) is 0. The molecule has 3 aromatic rings. The van der Waals surface area contributed by atoms with E-state index in [4.69, 9.17) is 18.9 Å². The quantitative estimate of drug-likeness (QED) is 0.159. The van der Waals surface area contributed by atoms with Crippen LogP contribution in [0, 0.1) is 11.8 Å². The maximum absolute atomic E-state index is 12.6. The molecule has 0 N–H and O–H groups in total. The van der Waals surface area contributed by atoms with Gasteiger partial charge < -0.3 is 23.5 Å². The number of nitrogens with zero attached hydrogens (tertiary/aromatic N) is 1. The molecule has 1 aromatic heterocycles. The van der Waals surface area contributed by atoms with Crippen molar-refractivity contribution in [2.24, 2.45) is 11.8 Å². The number of allylic oxidation sites excluding steroid dienone is 1. The lowest BCUT2D eigenvalue weighted by Gasteiger charge is -2.24. The van der Waals surface area contributed by atoms with Crippen LogP contribution in [-0.2, 0) is 36.7 Å². The van der Waals surface area contributed by atoms with Crippen LogP contribution in [-0.4, -0.2) is 67.3 Å². The van der Waals surface area contributed by atoms with Crippen LogP contribution in [0.5, 0.6) is 0 Å². The molecule has 0 saturated carbocycles. The summed E-state index contributed by atoms with van der Waals surface area (Å²) in [6.45, 7) is 8.25. The molecule has 2 aromatic carbocycles. The Bertz CT molecular complexity index is 1600. The highest BCUT2D eigenvalue weighted by molar-refractivity contribution is 9.09. The zero-order valence-electron chi connectivity index (χ0n) is 27.2. The van der Waals surface area contributed by atoms with Gasteiger partial charge in [0, 0.05) is 55.4 Å². The molecule has 0 atom stereocenters. The van der Waals surface area contributed by atoms with Crippen LogP contribution in [0.15, 0.2) is 71.2 Å². The molecule has 10 heteroatoms. The Hall–Kier alpha value is -3.60. The Labute approximate surface area is 284 Å². The Morgan fingerprint density at radius 3 is 2.06 bits per heavy atom. The van der Waals surface area contributed by atoms with Crippen molar-refractivity contribution in [2.75, 3.05) is 45.0 Å². The highest BCUT2D eigenvalue weighted by atomic mass is 79.9. The van der Waals surface area contributed by atoms with Gasteiger partial charge in [0.15, 0.2) is 5.78 Å². The van der Waals surface area contributed by atoms with E-state index in [2.05, 4.69) is 15.9 Å². The summed E-state index contributed by atoms with van der Waals surface area (Å²) in [6.07, 6.45) is 8.37. The minimum atomic E-state index is -0.552. The van der Waals surface area contributed by atoms with E-state index in [-0.39, 0.29) is 35.6 Å². The van der Waals surface area contributed by atoms with Crippen molar-refractivity contribution in [1.29, 1.82) is 0 Å². The van der Waals surface area contributed by atoms with Gasteiger partial charge in [-0.2, -0.15) is 0 Å². The molecule has 0 bridgehead atoms. The fourth-order valence-corrected chi connectivity index (χ4v) is 6.36. The number of ketones is 1. The molecule has 0 radical (unpaired) electrons. The molecule has 0 spiro atoms. The van der Waals surface area contributed by atoms with Crippen LogP contribution < -0.4 is 5.43 Å². The van der Waals surface area contributed by atoms with E-state index < -0.39 is 11.9 Å². The first-order valence-corrected chi connectivity index (χ1v) is 17.5. The molecule has 3 aliphatic rings. The van der Waals surface area contributed by atoms with Crippen LogP contribution in [0.4, 0.5) is 0 Å². The normalized spacial score (nSPS) is 16.5. The first-order valence-electron chi connectivity index (χ1n) is 16.4. The second-order valence-corrected chi connectivity index (χ2v) is 12.2. The predicted molar refractivity (Wildman–Crippen MR) is 184 cm³/mol. The molecule has 47 heavy (non-hydrogen) atoms. The molecule has 0 amide bonds. The van der Waals surface area contributed by atoms with Gasteiger partial charge in [-0.3, -0.25) is 9.59 Å². The molecule has 2 saturated heterocycles. The van der Waals surface area contributed by atoms with Crippen LogP contribution in [0.25, 0.3) is 10.9 Å². The van der Waals surface area contributed by atoms with Gasteiger partial charge in [-0.1, -0.05) is 58.4 Å². The van der Waals surface area contributed by atoms with Crippen molar-refractivity contribution in [3.63, 3.8) is 0 Å². The van der Waals surface area contributed by atoms with E-state index in [1.54, 1.807) is 44.3 Å². The van der Waals surface area contributed by atoms with Crippen molar-refractivity contribution in [3.05, 3.63) is 93.3 Å². The number of hydrogen-bond acceptors (Lipinski definition) is 8. The maximum atomic E-state index is 12.6. The number of halogens is 1. The first-order chi connectivity index (χ1) is 22.9. The third kappa shape index (κ3) is 9.95. The Morgan fingerprint density at radius 1 is 0.830 bits per heavy atom. The van der Waals surface area contributed by atoms with Gasteiger partial charge >= 0.3 is 11.9 Å². The summed E-state index contributed by atoms with van der Waals surface area (Å²) in [7, 11) is 0. The van der Waals surface area contributed by atoms with E-state index in [9.17, 15) is 19.2 Å². The third-order valence-electron chi connectivity index (χ3n) is 8.37. The number of para-hydroxylation sites is 1. The number of ether oxygens (including phenoxy) is 4. The second-order valence-electron chi connectivity index (χ2n) is 11.6. The largest absolute Gasteiger partial charge is 0.462 e. The van der Waals surface area contributed by atoms with E-state index in [1.807, 2.05) is 34.9 Å². The summed E-state index contributed by atoms with van der Waals surface area (Å²) in [5, 5.41) is 1.71. The van der Waals surface area contributed by atoms with Crippen LogP contribution in [0.1, 0.15) is 65.8 Å². The highest BCUT2D eigenvalue weighted by Crippen LogP contribution is 2.22. The average Bonchev–Trinajstić information content (AvgIpc) is 3.11. The summed E-state index contributed by atoms with van der Waals surface area (Å²) in [5.41, 5.74) is 2.42. The minimum absolute atomic E-state index is 0.109.